The second kappa shape index (κ2) is 3.67. The van der Waals surface area contributed by atoms with Crippen LogP contribution in [0.25, 0.3) is 0 Å². The molecule has 0 saturated carbocycles. The van der Waals surface area contributed by atoms with Crippen LogP contribution < -0.4 is 0 Å². The van der Waals surface area contributed by atoms with Gasteiger partial charge in [-0.1, -0.05) is 9.24 Å². The summed E-state index contributed by atoms with van der Waals surface area (Å²) in [4.78, 5) is 0. The van der Waals surface area contributed by atoms with E-state index in [1.165, 1.54) is 0 Å². The van der Waals surface area contributed by atoms with Crippen LogP contribution in [-0.2, 0) is 4.74 Å². The third-order valence-electron chi connectivity index (χ3n) is 1.05. The molecule has 2 nitrogen and oxygen atoms in total. The predicted octanol–water partition coefficient (Wildman–Crippen LogP) is 2.24. The summed E-state index contributed by atoms with van der Waals surface area (Å²) in [5.41, 5.74) is -4.94. The molecule has 0 aliphatic rings. The lowest BCUT2D eigenvalue weighted by molar-refractivity contribution is -0.481. The van der Waals surface area contributed by atoms with Crippen LogP contribution in [-0.4, -0.2) is 29.1 Å². The first-order valence-electron chi connectivity index (χ1n) is 2.93. The van der Waals surface area contributed by atoms with Crippen LogP contribution >= 0.6 is 9.24 Å². The summed E-state index contributed by atoms with van der Waals surface area (Å²) < 4.78 is 96.1. The lowest BCUT2D eigenvalue weighted by Crippen LogP contribution is -2.56. The van der Waals surface area contributed by atoms with E-state index in [0.29, 0.717) is 0 Å². The summed E-state index contributed by atoms with van der Waals surface area (Å²) in [7, 11) is 0.230. The molecular weight excluding hydrogens is 263 g/mol. The predicted molar refractivity (Wildman–Crippen MR) is 32.8 cm³/mol. The molecule has 92 valence electrons. The van der Waals surface area contributed by atoms with Crippen LogP contribution in [0.1, 0.15) is 0 Å². The number of hydrogen-bond donors (Lipinski definition) is 1. The van der Waals surface area contributed by atoms with Crippen molar-refractivity contribution in [1.29, 1.82) is 0 Å². The fraction of sp³-hybridized carbons (Fsp3) is 1.00. The standard InChI is InChI=1S/C4H3F8O2P/c5-1(6,3(9,13)15)2(7,8)14-4(10,11)12/h13H,15H2. The van der Waals surface area contributed by atoms with Crippen LogP contribution in [0.3, 0.4) is 0 Å². The van der Waals surface area contributed by atoms with Gasteiger partial charge in [-0.25, -0.2) is 9.13 Å². The molecule has 0 rings (SSSR count). The number of ether oxygens (including phenoxy) is 1. The number of aliphatic hydroxyl groups is 1. The molecule has 0 aromatic carbocycles. The minimum atomic E-state index is -6.24. The highest BCUT2D eigenvalue weighted by Gasteiger charge is 2.72. The van der Waals surface area contributed by atoms with E-state index in [4.69, 9.17) is 5.11 Å². The Bertz CT molecular complexity index is 230. The van der Waals surface area contributed by atoms with E-state index in [-0.39, 0.29) is 9.24 Å². The molecule has 11 heteroatoms. The second-order valence-corrected chi connectivity index (χ2v) is 3.08. The van der Waals surface area contributed by atoms with Crippen LogP contribution in [0, 0.1) is 0 Å². The van der Waals surface area contributed by atoms with Gasteiger partial charge in [0.2, 0.25) is 0 Å². The first kappa shape index (κ1) is 14.8. The van der Waals surface area contributed by atoms with Crippen molar-refractivity contribution in [1.82, 2.24) is 0 Å². The maximum atomic E-state index is 12.2. The van der Waals surface area contributed by atoms with E-state index in [2.05, 4.69) is 0 Å². The summed E-state index contributed by atoms with van der Waals surface area (Å²) in [5, 5.41) is 7.90. The monoisotopic (exact) mass is 266 g/mol. The maximum Gasteiger partial charge on any atom is 0.527 e. The van der Waals surface area contributed by atoms with Gasteiger partial charge in [0.1, 0.15) is 0 Å². The van der Waals surface area contributed by atoms with E-state index in [1.807, 2.05) is 0 Å². The van der Waals surface area contributed by atoms with Gasteiger partial charge < -0.3 is 5.11 Å². The zero-order valence-electron chi connectivity index (χ0n) is 6.46. The molecule has 2 unspecified atom stereocenters. The van der Waals surface area contributed by atoms with Crippen molar-refractivity contribution in [3.8, 4) is 0 Å². The zero-order valence-corrected chi connectivity index (χ0v) is 7.61. The van der Waals surface area contributed by atoms with Gasteiger partial charge in [0.15, 0.2) is 0 Å². The van der Waals surface area contributed by atoms with Crippen LogP contribution in [0.5, 0.6) is 0 Å². The van der Waals surface area contributed by atoms with Gasteiger partial charge in [0.05, 0.1) is 0 Å². The quantitative estimate of drug-likeness (QED) is 0.627. The Labute approximate surface area is 79.4 Å². The Morgan fingerprint density at radius 2 is 1.20 bits per heavy atom. The Morgan fingerprint density at radius 1 is 0.867 bits per heavy atom. The van der Waals surface area contributed by atoms with Gasteiger partial charge in [0, 0.05) is 0 Å². The molecule has 0 aliphatic heterocycles. The first-order chi connectivity index (χ1) is 6.21. The molecular formula is C4H3F8O2P. The summed E-state index contributed by atoms with van der Waals surface area (Å²) in [6, 6.07) is 0. The van der Waals surface area contributed by atoms with Crippen molar-refractivity contribution in [2.75, 3.05) is 0 Å². The first-order valence-corrected chi connectivity index (χ1v) is 3.51. The molecule has 0 aliphatic carbocycles. The molecule has 0 heterocycles. The van der Waals surface area contributed by atoms with Gasteiger partial charge in [-0.2, -0.15) is 17.6 Å². The molecule has 0 radical (unpaired) electrons. The van der Waals surface area contributed by atoms with E-state index in [9.17, 15) is 35.1 Å². The summed E-state index contributed by atoms with van der Waals surface area (Å²) in [5.74, 6) is -6.08. The molecule has 2 atom stereocenters. The average molecular weight is 266 g/mol. The minimum absolute atomic E-state index is 0.230. The number of halogens is 8. The topological polar surface area (TPSA) is 29.5 Å². The van der Waals surface area contributed by atoms with E-state index < -0.39 is 24.0 Å². The minimum Gasteiger partial charge on any atom is -0.354 e. The van der Waals surface area contributed by atoms with Crippen molar-refractivity contribution in [2.24, 2.45) is 0 Å². The van der Waals surface area contributed by atoms with Crippen LogP contribution in [0.15, 0.2) is 0 Å². The molecule has 0 aromatic rings. The SMILES string of the molecule is OC(F)(P)C(F)(F)C(F)(F)OC(F)(F)F. The lowest BCUT2D eigenvalue weighted by atomic mass is 10.3. The van der Waals surface area contributed by atoms with E-state index in [1.54, 1.807) is 4.74 Å². The Kier molecular flexibility index (Phi) is 3.62. The van der Waals surface area contributed by atoms with Gasteiger partial charge in [-0.3, -0.25) is 0 Å². The zero-order chi connectivity index (χ0) is 12.7. The highest BCUT2D eigenvalue weighted by molar-refractivity contribution is 7.18. The highest BCUT2D eigenvalue weighted by atomic mass is 31.0. The van der Waals surface area contributed by atoms with Crippen molar-refractivity contribution >= 4 is 9.24 Å². The van der Waals surface area contributed by atoms with Gasteiger partial charge >= 0.3 is 18.4 Å². The highest BCUT2D eigenvalue weighted by Crippen LogP contribution is 2.49. The largest absolute Gasteiger partial charge is 0.527 e. The van der Waals surface area contributed by atoms with Crippen molar-refractivity contribution in [3.63, 3.8) is 0 Å². The average Bonchev–Trinajstić information content (AvgIpc) is 1.77. The second-order valence-electron chi connectivity index (χ2n) is 2.31. The third kappa shape index (κ3) is 3.39. The fourth-order valence-electron chi connectivity index (χ4n) is 0.414. The van der Waals surface area contributed by atoms with Crippen LogP contribution in [0.2, 0.25) is 0 Å². The summed E-state index contributed by atoms with van der Waals surface area (Å²) in [6.45, 7) is 0. The number of hydrogen-bond acceptors (Lipinski definition) is 2. The van der Waals surface area contributed by atoms with Crippen molar-refractivity contribution in [2.45, 2.75) is 24.0 Å². The summed E-state index contributed by atoms with van der Waals surface area (Å²) >= 11 is 0. The molecule has 0 amide bonds. The molecule has 0 aromatic heterocycles. The molecule has 15 heavy (non-hydrogen) atoms. The Morgan fingerprint density at radius 3 is 1.40 bits per heavy atom. The fourth-order valence-corrected chi connectivity index (χ4v) is 0.582. The molecule has 0 fully saturated rings. The normalized spacial score (nSPS) is 18.8. The van der Waals surface area contributed by atoms with Gasteiger partial charge in [-0.15, -0.1) is 13.2 Å². The van der Waals surface area contributed by atoms with Crippen molar-refractivity contribution < 1.29 is 45.0 Å². The molecule has 0 bridgehead atoms. The van der Waals surface area contributed by atoms with E-state index >= 15 is 0 Å². The number of alkyl halides is 8. The molecule has 0 spiro atoms. The molecule has 0 saturated heterocycles. The summed E-state index contributed by atoms with van der Waals surface area (Å²) in [6.07, 6.45) is -12.3. The Hall–Kier alpha value is -0.210. The smallest absolute Gasteiger partial charge is 0.354 e. The lowest BCUT2D eigenvalue weighted by Gasteiger charge is -2.31. The van der Waals surface area contributed by atoms with E-state index in [0.717, 1.165) is 0 Å². The van der Waals surface area contributed by atoms with Gasteiger partial charge in [0.25, 0.3) is 5.60 Å². The number of rotatable bonds is 3. The maximum absolute atomic E-state index is 12.2. The van der Waals surface area contributed by atoms with Gasteiger partial charge in [-0.05, 0) is 0 Å². The Balaban J connectivity index is 5.03. The third-order valence-corrected chi connectivity index (χ3v) is 1.41. The molecule has 1 N–H and O–H groups in total. The van der Waals surface area contributed by atoms with Crippen molar-refractivity contribution in [3.05, 3.63) is 0 Å². The van der Waals surface area contributed by atoms with Crippen LogP contribution in [0.4, 0.5) is 35.1 Å².